The lowest BCUT2D eigenvalue weighted by Gasteiger charge is -2.08. The fraction of sp³-hybridized carbons (Fsp3) is 0.182. The molecule has 4 aromatic rings. The Labute approximate surface area is 188 Å². The summed E-state index contributed by atoms with van der Waals surface area (Å²) in [5, 5.41) is 4.18. The predicted octanol–water partition coefficient (Wildman–Crippen LogP) is 4.63. The molecule has 2 aromatic heterocycles. The molecule has 9 heteroatoms. The number of aromatic nitrogens is 4. The molecular weight excluding hydrogens is 434 g/mol. The van der Waals surface area contributed by atoms with Crippen molar-refractivity contribution in [2.24, 2.45) is 7.05 Å². The van der Waals surface area contributed by atoms with Gasteiger partial charge < -0.3 is 14.6 Å². The Hall–Kier alpha value is -3.10. The molecule has 2 aromatic carbocycles. The van der Waals surface area contributed by atoms with Crippen molar-refractivity contribution >= 4 is 46.0 Å². The Morgan fingerprint density at radius 2 is 1.97 bits per heavy atom. The number of nitrogens with one attached hydrogen (secondary N) is 1. The number of halogens is 1. The fourth-order valence-electron chi connectivity index (χ4n) is 2.96. The molecule has 0 spiro atoms. The van der Waals surface area contributed by atoms with Gasteiger partial charge in [-0.3, -0.25) is 4.79 Å². The van der Waals surface area contributed by atoms with E-state index >= 15 is 0 Å². The highest BCUT2D eigenvalue weighted by Gasteiger charge is 2.11. The number of aryl methyl sites for hydroxylation is 2. The largest absolute Gasteiger partial charge is 0.484 e. The number of carbonyl (C=O) groups excluding carboxylic acids is 1. The molecule has 0 saturated heterocycles. The molecule has 31 heavy (non-hydrogen) atoms. The summed E-state index contributed by atoms with van der Waals surface area (Å²) in [6.45, 7) is 1.84. The molecule has 0 aliphatic carbocycles. The van der Waals surface area contributed by atoms with E-state index in [2.05, 4.69) is 15.3 Å². The third kappa shape index (κ3) is 5.34. The van der Waals surface area contributed by atoms with Gasteiger partial charge in [-0.1, -0.05) is 23.4 Å². The first-order valence-electron chi connectivity index (χ1n) is 9.54. The zero-order valence-electron chi connectivity index (χ0n) is 17.0. The number of carbonyl (C=O) groups is 1. The minimum atomic E-state index is -0.252. The van der Waals surface area contributed by atoms with Gasteiger partial charge in [0, 0.05) is 29.6 Å². The van der Waals surface area contributed by atoms with E-state index in [1.807, 2.05) is 42.8 Å². The second-order valence-corrected chi connectivity index (χ2v) is 8.23. The van der Waals surface area contributed by atoms with Gasteiger partial charge in [0.15, 0.2) is 11.8 Å². The Bertz CT molecular complexity index is 1230. The molecule has 0 aliphatic heterocycles. The molecule has 0 bridgehead atoms. The first kappa shape index (κ1) is 21.1. The van der Waals surface area contributed by atoms with Gasteiger partial charge in [-0.25, -0.2) is 15.0 Å². The van der Waals surface area contributed by atoms with Crippen LogP contribution in [0.5, 0.6) is 5.75 Å². The summed E-state index contributed by atoms with van der Waals surface area (Å²) in [4.78, 5) is 25.6. The Morgan fingerprint density at radius 1 is 1.16 bits per heavy atom. The molecule has 4 rings (SSSR count). The molecule has 1 N–H and O–H groups in total. The number of nitrogens with zero attached hydrogens (tertiary/aromatic N) is 4. The van der Waals surface area contributed by atoms with Crippen molar-refractivity contribution in [2.75, 3.05) is 11.9 Å². The van der Waals surface area contributed by atoms with Crippen molar-refractivity contribution < 1.29 is 9.53 Å². The van der Waals surface area contributed by atoms with Crippen LogP contribution < -0.4 is 10.1 Å². The Morgan fingerprint density at radius 3 is 2.74 bits per heavy atom. The second kappa shape index (κ2) is 9.36. The molecule has 158 valence electrons. The van der Waals surface area contributed by atoms with E-state index in [0.717, 1.165) is 27.7 Å². The van der Waals surface area contributed by atoms with Crippen LogP contribution >= 0.6 is 23.4 Å². The topological polar surface area (TPSA) is 81.9 Å². The van der Waals surface area contributed by atoms with E-state index in [9.17, 15) is 4.79 Å². The van der Waals surface area contributed by atoms with Crippen LogP contribution in [0.1, 0.15) is 11.5 Å². The molecule has 7 nitrogen and oxygen atoms in total. The number of ether oxygens (including phenoxy) is 1. The Kier molecular flexibility index (Phi) is 6.39. The van der Waals surface area contributed by atoms with E-state index in [4.69, 9.17) is 21.3 Å². The van der Waals surface area contributed by atoms with E-state index < -0.39 is 0 Å². The average Bonchev–Trinajstić information content (AvgIpc) is 3.07. The third-order valence-electron chi connectivity index (χ3n) is 4.54. The van der Waals surface area contributed by atoms with Crippen LogP contribution in [-0.2, 0) is 17.6 Å². The summed E-state index contributed by atoms with van der Waals surface area (Å²) in [6.07, 6.45) is 1.76. The highest BCUT2D eigenvalue weighted by Crippen LogP contribution is 2.24. The number of hydrogen-bond donors (Lipinski definition) is 1. The highest BCUT2D eigenvalue weighted by atomic mass is 35.5. The smallest absolute Gasteiger partial charge is 0.262 e. The average molecular weight is 454 g/mol. The van der Waals surface area contributed by atoms with Gasteiger partial charge in [-0.05, 0) is 55.5 Å². The molecular formula is C22H20ClN5O2S. The van der Waals surface area contributed by atoms with Crippen LogP contribution in [0.25, 0.3) is 11.0 Å². The van der Waals surface area contributed by atoms with E-state index in [-0.39, 0.29) is 12.5 Å². The maximum absolute atomic E-state index is 12.2. The normalized spacial score (nSPS) is 10.9. The number of hydrogen-bond acceptors (Lipinski definition) is 6. The first-order valence-corrected chi connectivity index (χ1v) is 10.9. The first-order chi connectivity index (χ1) is 15.0. The predicted molar refractivity (Wildman–Crippen MR) is 123 cm³/mol. The lowest BCUT2D eigenvalue weighted by molar-refractivity contribution is -0.118. The van der Waals surface area contributed by atoms with E-state index in [0.29, 0.717) is 22.2 Å². The summed E-state index contributed by atoms with van der Waals surface area (Å²) in [6, 6.07) is 14.4. The van der Waals surface area contributed by atoms with Crippen molar-refractivity contribution in [2.45, 2.75) is 17.8 Å². The number of amides is 1. The van der Waals surface area contributed by atoms with Crippen LogP contribution in [0.15, 0.2) is 59.9 Å². The number of rotatable bonds is 7. The molecule has 0 radical (unpaired) electrons. The van der Waals surface area contributed by atoms with Crippen LogP contribution in [-0.4, -0.2) is 32.0 Å². The summed E-state index contributed by atoms with van der Waals surface area (Å²) < 4.78 is 7.52. The van der Waals surface area contributed by atoms with Crippen LogP contribution in [0, 0.1) is 6.92 Å². The minimum Gasteiger partial charge on any atom is -0.484 e. The van der Waals surface area contributed by atoms with Crippen molar-refractivity contribution in [1.29, 1.82) is 0 Å². The molecule has 1 amide bonds. The summed E-state index contributed by atoms with van der Waals surface area (Å²) in [5.74, 6) is 1.88. The zero-order chi connectivity index (χ0) is 21.8. The SMILES string of the molecule is Cc1ccnc(SCc2nc3cc(NC(=O)COc4ccc(Cl)cc4)ccc3n2C)n1. The number of thioether (sulfide) groups is 1. The summed E-state index contributed by atoms with van der Waals surface area (Å²) in [5.41, 5.74) is 3.38. The molecule has 2 heterocycles. The number of benzene rings is 2. The maximum Gasteiger partial charge on any atom is 0.262 e. The van der Waals surface area contributed by atoms with Crippen LogP contribution in [0.3, 0.4) is 0 Å². The van der Waals surface area contributed by atoms with Crippen molar-refractivity contribution in [3.8, 4) is 5.75 Å². The lowest BCUT2D eigenvalue weighted by Crippen LogP contribution is -2.20. The summed E-state index contributed by atoms with van der Waals surface area (Å²) in [7, 11) is 1.97. The van der Waals surface area contributed by atoms with Gasteiger partial charge in [-0.2, -0.15) is 0 Å². The van der Waals surface area contributed by atoms with Crippen LogP contribution in [0.4, 0.5) is 5.69 Å². The van der Waals surface area contributed by atoms with Crippen molar-refractivity contribution in [3.05, 3.63) is 71.3 Å². The lowest BCUT2D eigenvalue weighted by atomic mass is 10.2. The standard InChI is InChI=1S/C22H20ClN5O2S/c1-14-9-10-24-22(25-14)31-13-20-27-18-11-16(5-8-19(18)28(20)2)26-21(29)12-30-17-6-3-15(23)4-7-17/h3-11H,12-13H2,1-2H3,(H,26,29). The number of fused-ring (bicyclic) bond motifs is 1. The highest BCUT2D eigenvalue weighted by molar-refractivity contribution is 7.98. The van der Waals surface area contributed by atoms with Crippen molar-refractivity contribution in [1.82, 2.24) is 19.5 Å². The Balaban J connectivity index is 1.40. The second-order valence-electron chi connectivity index (χ2n) is 6.85. The number of imidazole rings is 1. The molecule has 0 unspecified atom stereocenters. The molecule has 0 saturated carbocycles. The fourth-order valence-corrected chi connectivity index (χ4v) is 3.94. The van der Waals surface area contributed by atoms with Gasteiger partial charge >= 0.3 is 0 Å². The maximum atomic E-state index is 12.2. The third-order valence-corrected chi connectivity index (χ3v) is 5.65. The monoisotopic (exact) mass is 453 g/mol. The number of anilines is 1. The van der Waals surface area contributed by atoms with E-state index in [1.165, 1.54) is 11.8 Å². The van der Waals surface area contributed by atoms with Gasteiger partial charge in [0.2, 0.25) is 0 Å². The zero-order valence-corrected chi connectivity index (χ0v) is 18.6. The van der Waals surface area contributed by atoms with Gasteiger partial charge in [-0.15, -0.1) is 0 Å². The molecule has 0 aliphatic rings. The molecule has 0 fully saturated rings. The van der Waals surface area contributed by atoms with Gasteiger partial charge in [0.25, 0.3) is 5.91 Å². The van der Waals surface area contributed by atoms with Gasteiger partial charge in [0.1, 0.15) is 11.6 Å². The quantitative estimate of drug-likeness (QED) is 0.324. The molecule has 0 atom stereocenters. The minimum absolute atomic E-state index is 0.0970. The van der Waals surface area contributed by atoms with Crippen molar-refractivity contribution in [3.63, 3.8) is 0 Å². The van der Waals surface area contributed by atoms with Crippen LogP contribution in [0.2, 0.25) is 5.02 Å². The van der Waals surface area contributed by atoms with Gasteiger partial charge in [0.05, 0.1) is 16.8 Å². The van der Waals surface area contributed by atoms with E-state index in [1.54, 1.807) is 30.5 Å². The summed E-state index contributed by atoms with van der Waals surface area (Å²) >= 11 is 7.39.